The van der Waals surface area contributed by atoms with Crippen molar-refractivity contribution in [3.63, 3.8) is 0 Å². The number of carbonyl (C=O) groups is 2. The fourth-order valence-electron chi connectivity index (χ4n) is 3.39. The summed E-state index contributed by atoms with van der Waals surface area (Å²) in [6.45, 7) is -1.53. The van der Waals surface area contributed by atoms with Crippen LogP contribution in [0.15, 0.2) is 79.3 Å². The highest BCUT2D eigenvalue weighted by atomic mass is 127. The molecule has 2 aromatic heterocycles. The maximum Gasteiger partial charge on any atom is 0.422 e. The van der Waals surface area contributed by atoms with Crippen LogP contribution in [0.5, 0.6) is 5.88 Å². The number of nitrogens with one attached hydrogen (secondary N) is 2. The lowest BCUT2D eigenvalue weighted by atomic mass is 10.1. The summed E-state index contributed by atoms with van der Waals surface area (Å²) in [5.41, 5.74) is 1.94. The number of aromatic nitrogens is 2. The fraction of sp³-hybridized carbons (Fsp3) is 0.111. The lowest BCUT2D eigenvalue weighted by Gasteiger charge is -2.15. The van der Waals surface area contributed by atoms with E-state index in [2.05, 4.69) is 20.6 Å². The molecule has 2 aromatic carbocycles. The third-order valence-corrected chi connectivity index (χ3v) is 6.08. The number of carbonyl (C=O) groups excluding carboxylic acids is 2. The van der Waals surface area contributed by atoms with Crippen LogP contribution in [0.1, 0.15) is 15.9 Å². The Morgan fingerprint density at radius 3 is 2.45 bits per heavy atom. The second-order valence-corrected chi connectivity index (χ2v) is 9.86. The molecule has 0 aliphatic heterocycles. The highest BCUT2D eigenvalue weighted by Crippen LogP contribution is 2.35. The van der Waals surface area contributed by atoms with Gasteiger partial charge >= 0.3 is 12.3 Å². The molecule has 2 heterocycles. The van der Waals surface area contributed by atoms with Crippen LogP contribution in [-0.2, 0) is 11.3 Å². The Morgan fingerprint density at radius 2 is 1.75 bits per heavy atom. The molecule has 0 aliphatic carbocycles. The number of hydrogen-bond donors (Lipinski definition) is 2. The van der Waals surface area contributed by atoms with E-state index in [4.69, 9.17) is 21.1 Å². The third kappa shape index (κ3) is 8.29. The molecule has 0 spiro atoms. The van der Waals surface area contributed by atoms with E-state index in [0.717, 1.165) is 9.13 Å². The van der Waals surface area contributed by atoms with Crippen LogP contribution in [0.25, 0.3) is 11.1 Å². The molecule has 2 N–H and O–H groups in total. The van der Waals surface area contributed by atoms with Crippen molar-refractivity contribution in [2.75, 3.05) is 17.2 Å². The second-order valence-electron chi connectivity index (χ2n) is 8.21. The molecular formula is C27H19ClF3IN4O4. The molecule has 0 bridgehead atoms. The molecule has 0 radical (unpaired) electrons. The Kier molecular flexibility index (Phi) is 9.42. The molecule has 8 nitrogen and oxygen atoms in total. The number of benzene rings is 2. The Balaban J connectivity index is 1.55. The van der Waals surface area contributed by atoms with Gasteiger partial charge in [0.05, 0.1) is 28.2 Å². The predicted molar refractivity (Wildman–Crippen MR) is 151 cm³/mol. The van der Waals surface area contributed by atoms with Gasteiger partial charge in [0.2, 0.25) is 5.88 Å². The monoisotopic (exact) mass is 682 g/mol. The second kappa shape index (κ2) is 13.0. The Labute approximate surface area is 245 Å². The molecule has 40 heavy (non-hydrogen) atoms. The topological polar surface area (TPSA) is 102 Å². The van der Waals surface area contributed by atoms with Crippen LogP contribution < -0.4 is 15.4 Å². The first kappa shape index (κ1) is 29.1. The summed E-state index contributed by atoms with van der Waals surface area (Å²) in [5, 5.41) is 5.25. The van der Waals surface area contributed by atoms with Gasteiger partial charge in [0.25, 0.3) is 5.91 Å². The van der Waals surface area contributed by atoms with Gasteiger partial charge in [-0.1, -0.05) is 48.0 Å². The van der Waals surface area contributed by atoms with E-state index in [0.29, 0.717) is 5.56 Å². The average molecular weight is 683 g/mol. The number of pyridine rings is 2. The molecule has 0 aliphatic rings. The zero-order chi connectivity index (χ0) is 28.7. The van der Waals surface area contributed by atoms with Crippen molar-refractivity contribution >= 4 is 57.6 Å². The molecule has 2 amide bonds. The van der Waals surface area contributed by atoms with E-state index in [-0.39, 0.29) is 40.0 Å². The van der Waals surface area contributed by atoms with E-state index < -0.39 is 24.8 Å². The summed E-state index contributed by atoms with van der Waals surface area (Å²) in [6.07, 6.45) is -1.22. The first-order valence-electron chi connectivity index (χ1n) is 11.5. The van der Waals surface area contributed by atoms with Gasteiger partial charge in [0.1, 0.15) is 6.61 Å². The Morgan fingerprint density at radius 1 is 0.975 bits per heavy atom. The van der Waals surface area contributed by atoms with Crippen LogP contribution in [-0.4, -0.2) is 34.8 Å². The zero-order valence-corrected chi connectivity index (χ0v) is 23.3. The minimum absolute atomic E-state index is 0.0463. The summed E-state index contributed by atoms with van der Waals surface area (Å²) in [6, 6.07) is 16.5. The molecule has 0 unspecified atom stereocenters. The molecule has 0 atom stereocenters. The summed E-state index contributed by atoms with van der Waals surface area (Å²) >= 11 is 8.39. The number of amides is 2. The highest BCUT2D eigenvalue weighted by molar-refractivity contribution is 14.1. The van der Waals surface area contributed by atoms with Crippen molar-refractivity contribution in [3.8, 4) is 17.0 Å². The third-order valence-electron chi connectivity index (χ3n) is 5.18. The largest absolute Gasteiger partial charge is 0.468 e. The van der Waals surface area contributed by atoms with Crippen LogP contribution in [0.3, 0.4) is 0 Å². The first-order chi connectivity index (χ1) is 19.1. The van der Waals surface area contributed by atoms with Gasteiger partial charge in [-0.3, -0.25) is 15.1 Å². The van der Waals surface area contributed by atoms with Gasteiger partial charge in [-0.05, 0) is 58.0 Å². The fourth-order valence-corrected chi connectivity index (χ4v) is 4.11. The Bertz CT molecular complexity index is 1520. The molecule has 0 saturated heterocycles. The molecule has 13 heteroatoms. The van der Waals surface area contributed by atoms with E-state index in [9.17, 15) is 22.8 Å². The number of halogens is 5. The Hall–Kier alpha value is -3.91. The van der Waals surface area contributed by atoms with Crippen molar-refractivity contribution in [2.24, 2.45) is 0 Å². The summed E-state index contributed by atoms with van der Waals surface area (Å²) in [7, 11) is 0. The maximum atomic E-state index is 12.9. The van der Waals surface area contributed by atoms with E-state index in [1.165, 1.54) is 36.7 Å². The van der Waals surface area contributed by atoms with Crippen molar-refractivity contribution in [1.82, 2.24) is 9.97 Å². The first-order valence-corrected chi connectivity index (χ1v) is 12.9. The molecule has 4 aromatic rings. The highest BCUT2D eigenvalue weighted by Gasteiger charge is 2.29. The molecule has 0 fully saturated rings. The number of hydrogen-bond acceptors (Lipinski definition) is 6. The SMILES string of the molecule is O=C(Nc1ccc(-c2cc(NC(=O)c3cncc(I)c3)cnc2OCC(F)(F)F)cc1Cl)OCc1ccccc1. The maximum absolute atomic E-state index is 12.9. The molecule has 206 valence electrons. The van der Waals surface area contributed by atoms with E-state index in [1.54, 1.807) is 24.4 Å². The standard InChI is InChI=1S/C27H19ClF3IN4O4/c28-22-9-17(6-7-23(22)36-26(38)39-14-16-4-2-1-3-5-16)21-10-20(13-34-25(21)40-15-27(29,30)31)35-24(37)18-8-19(32)12-33-11-18/h1-13H,14-15H2,(H,35,37)(H,36,38). The molecule has 4 rings (SSSR count). The smallest absolute Gasteiger partial charge is 0.422 e. The minimum atomic E-state index is -4.60. The van der Waals surface area contributed by atoms with Crippen molar-refractivity contribution in [3.05, 3.63) is 99.0 Å². The molecule has 0 saturated carbocycles. The van der Waals surface area contributed by atoms with Crippen molar-refractivity contribution < 1.29 is 32.2 Å². The van der Waals surface area contributed by atoms with Crippen LogP contribution >= 0.6 is 34.2 Å². The van der Waals surface area contributed by atoms with Gasteiger partial charge in [-0.2, -0.15) is 13.2 Å². The van der Waals surface area contributed by atoms with Gasteiger partial charge in [0, 0.05) is 21.5 Å². The number of ether oxygens (including phenoxy) is 2. The van der Waals surface area contributed by atoms with Gasteiger partial charge in [0.15, 0.2) is 6.61 Å². The van der Waals surface area contributed by atoms with E-state index >= 15 is 0 Å². The lowest BCUT2D eigenvalue weighted by molar-refractivity contribution is -0.154. The summed E-state index contributed by atoms with van der Waals surface area (Å²) < 4.78 is 49.5. The number of rotatable bonds is 8. The van der Waals surface area contributed by atoms with Crippen molar-refractivity contribution in [2.45, 2.75) is 12.8 Å². The predicted octanol–water partition coefficient (Wildman–Crippen LogP) is 7.34. The van der Waals surface area contributed by atoms with Gasteiger partial charge < -0.3 is 14.8 Å². The number of nitrogens with zero attached hydrogens (tertiary/aromatic N) is 2. The normalized spacial score (nSPS) is 11.0. The average Bonchev–Trinajstić information content (AvgIpc) is 2.92. The lowest BCUT2D eigenvalue weighted by Crippen LogP contribution is -2.20. The molecular weight excluding hydrogens is 664 g/mol. The quantitative estimate of drug-likeness (QED) is 0.189. The van der Waals surface area contributed by atoms with E-state index in [1.807, 2.05) is 40.8 Å². The van der Waals surface area contributed by atoms with Gasteiger partial charge in [-0.25, -0.2) is 9.78 Å². The van der Waals surface area contributed by atoms with Crippen LogP contribution in [0, 0.1) is 3.57 Å². The van der Waals surface area contributed by atoms with Gasteiger partial charge in [-0.15, -0.1) is 0 Å². The minimum Gasteiger partial charge on any atom is -0.468 e. The van der Waals surface area contributed by atoms with Crippen LogP contribution in [0.4, 0.5) is 29.3 Å². The number of alkyl halides is 3. The summed E-state index contributed by atoms with van der Waals surface area (Å²) in [4.78, 5) is 32.9. The number of anilines is 2. The van der Waals surface area contributed by atoms with Crippen LogP contribution in [0.2, 0.25) is 5.02 Å². The van der Waals surface area contributed by atoms with Crippen molar-refractivity contribution in [1.29, 1.82) is 0 Å². The summed E-state index contributed by atoms with van der Waals surface area (Å²) in [5.74, 6) is -0.820. The zero-order valence-electron chi connectivity index (χ0n) is 20.3.